The van der Waals surface area contributed by atoms with Crippen LogP contribution >= 0.6 is 0 Å². The minimum atomic E-state index is 0.222. The molecule has 3 heteroatoms. The van der Waals surface area contributed by atoms with E-state index in [0.717, 1.165) is 5.82 Å². The Hall–Kier alpha value is -1.51. The van der Waals surface area contributed by atoms with E-state index in [9.17, 15) is 0 Å². The zero-order valence-electron chi connectivity index (χ0n) is 7.07. The van der Waals surface area contributed by atoms with Crippen LogP contribution in [-0.2, 0) is 0 Å². The first-order valence-corrected chi connectivity index (χ1v) is 3.88. The van der Waals surface area contributed by atoms with Gasteiger partial charge in [0.05, 0.1) is 5.70 Å². The molecular formula is C9H12N3+. The molecule has 1 unspecified atom stereocenters. The van der Waals surface area contributed by atoms with Crippen molar-refractivity contribution in [1.29, 1.82) is 0 Å². The number of nitrogens with two attached hydrogens (primary N) is 1. The molecule has 2 rings (SSSR count). The summed E-state index contributed by atoms with van der Waals surface area (Å²) in [5.41, 5.74) is 6.95. The lowest BCUT2D eigenvalue weighted by atomic mass is 10.2. The molecule has 62 valence electrons. The SMILES string of the molecule is C=[N+]1C=CC=C2C1C=C(N)N2C. The van der Waals surface area contributed by atoms with Gasteiger partial charge in [-0.25, -0.2) is 0 Å². The molecule has 2 N–H and O–H groups in total. The van der Waals surface area contributed by atoms with Crippen LogP contribution < -0.4 is 5.73 Å². The molecule has 0 aliphatic carbocycles. The van der Waals surface area contributed by atoms with Crippen molar-refractivity contribution >= 4 is 6.72 Å². The summed E-state index contributed by atoms with van der Waals surface area (Å²) in [7, 11) is 1.96. The fraction of sp³-hybridized carbons (Fsp3) is 0.222. The molecule has 2 aliphatic heterocycles. The lowest BCUT2D eigenvalue weighted by Crippen LogP contribution is -2.26. The summed E-state index contributed by atoms with van der Waals surface area (Å²) < 4.78 is 1.89. The minimum Gasteiger partial charge on any atom is -0.385 e. The molecule has 0 saturated heterocycles. The molecule has 1 atom stereocenters. The van der Waals surface area contributed by atoms with Crippen LogP contribution in [0, 0.1) is 0 Å². The standard InChI is InChI=1S/C9H12N3/c1-11-5-3-4-7-8(11)6-9(10)12(7)2/h3-6,8H,1,10H2,2H3/q+1. The van der Waals surface area contributed by atoms with Gasteiger partial charge < -0.3 is 10.6 Å². The van der Waals surface area contributed by atoms with E-state index in [1.165, 1.54) is 5.70 Å². The van der Waals surface area contributed by atoms with Crippen molar-refractivity contribution < 1.29 is 4.58 Å². The summed E-state index contributed by atoms with van der Waals surface area (Å²) in [6.45, 7) is 3.89. The summed E-state index contributed by atoms with van der Waals surface area (Å²) in [4.78, 5) is 1.98. The van der Waals surface area contributed by atoms with Gasteiger partial charge in [0, 0.05) is 19.2 Å². The van der Waals surface area contributed by atoms with E-state index >= 15 is 0 Å². The Labute approximate surface area is 71.8 Å². The van der Waals surface area contributed by atoms with Crippen molar-refractivity contribution in [3.8, 4) is 0 Å². The molecule has 0 radical (unpaired) electrons. The van der Waals surface area contributed by atoms with Gasteiger partial charge in [-0.05, 0) is 6.08 Å². The molecule has 0 bridgehead atoms. The monoisotopic (exact) mass is 162 g/mol. The van der Waals surface area contributed by atoms with E-state index in [1.807, 2.05) is 34.9 Å². The summed E-state index contributed by atoms with van der Waals surface area (Å²) in [6.07, 6.45) is 7.98. The fourth-order valence-electron chi connectivity index (χ4n) is 1.53. The van der Waals surface area contributed by atoms with Gasteiger partial charge >= 0.3 is 0 Å². The fourth-order valence-corrected chi connectivity index (χ4v) is 1.53. The normalized spacial score (nSPS) is 26.9. The Bertz CT molecular complexity index is 323. The first-order chi connectivity index (χ1) is 5.70. The number of fused-ring (bicyclic) bond motifs is 1. The molecule has 0 aromatic heterocycles. The number of allylic oxidation sites excluding steroid dienone is 2. The van der Waals surface area contributed by atoms with E-state index in [-0.39, 0.29) is 6.04 Å². The summed E-state index contributed by atoms with van der Waals surface area (Å²) >= 11 is 0. The Morgan fingerprint density at radius 3 is 3.08 bits per heavy atom. The third-order valence-electron chi connectivity index (χ3n) is 2.31. The predicted molar refractivity (Wildman–Crippen MR) is 48.4 cm³/mol. The van der Waals surface area contributed by atoms with E-state index in [1.54, 1.807) is 0 Å². The van der Waals surface area contributed by atoms with Crippen LogP contribution in [0.25, 0.3) is 0 Å². The van der Waals surface area contributed by atoms with Gasteiger partial charge in [0.1, 0.15) is 12.5 Å². The average molecular weight is 162 g/mol. The topological polar surface area (TPSA) is 32.3 Å². The van der Waals surface area contributed by atoms with Gasteiger partial charge in [-0.2, -0.15) is 4.58 Å². The molecule has 0 aromatic carbocycles. The lowest BCUT2D eigenvalue weighted by molar-refractivity contribution is -0.469. The van der Waals surface area contributed by atoms with E-state index in [0.29, 0.717) is 0 Å². The van der Waals surface area contributed by atoms with Crippen molar-refractivity contribution in [2.24, 2.45) is 5.73 Å². The smallest absolute Gasteiger partial charge is 0.219 e. The van der Waals surface area contributed by atoms with Crippen LogP contribution in [0.2, 0.25) is 0 Å². The number of nitrogens with zero attached hydrogens (tertiary/aromatic N) is 2. The molecule has 0 aromatic rings. The Kier molecular flexibility index (Phi) is 1.33. The molecule has 2 heterocycles. The van der Waals surface area contributed by atoms with Crippen LogP contribution in [0.5, 0.6) is 0 Å². The van der Waals surface area contributed by atoms with Crippen LogP contribution in [-0.4, -0.2) is 29.3 Å². The number of hydrogen-bond donors (Lipinski definition) is 1. The second-order valence-electron chi connectivity index (χ2n) is 3.04. The second kappa shape index (κ2) is 2.24. The van der Waals surface area contributed by atoms with Crippen molar-refractivity contribution in [3.63, 3.8) is 0 Å². The van der Waals surface area contributed by atoms with E-state index in [4.69, 9.17) is 5.73 Å². The van der Waals surface area contributed by atoms with Crippen molar-refractivity contribution in [2.75, 3.05) is 7.05 Å². The van der Waals surface area contributed by atoms with Crippen LogP contribution in [0.3, 0.4) is 0 Å². The molecule has 3 nitrogen and oxygen atoms in total. The third-order valence-corrected chi connectivity index (χ3v) is 2.31. The first-order valence-electron chi connectivity index (χ1n) is 3.88. The highest BCUT2D eigenvalue weighted by atomic mass is 15.2. The van der Waals surface area contributed by atoms with Gasteiger partial charge in [-0.1, -0.05) is 0 Å². The third kappa shape index (κ3) is 0.794. The molecule has 0 fully saturated rings. The van der Waals surface area contributed by atoms with Crippen molar-refractivity contribution in [2.45, 2.75) is 6.04 Å². The summed E-state index contributed by atoms with van der Waals surface area (Å²) in [5.74, 6) is 0.795. The van der Waals surface area contributed by atoms with E-state index < -0.39 is 0 Å². The second-order valence-corrected chi connectivity index (χ2v) is 3.04. The Balaban J connectivity index is 2.43. The molecular weight excluding hydrogens is 150 g/mol. The first kappa shape index (κ1) is 7.16. The van der Waals surface area contributed by atoms with Gasteiger partial charge in [0.2, 0.25) is 6.04 Å². The quantitative estimate of drug-likeness (QED) is 0.517. The number of likely N-dealkylation sites (N-methyl/N-ethyl adjacent to an activating group) is 1. The maximum absolute atomic E-state index is 5.76. The van der Waals surface area contributed by atoms with Crippen LogP contribution in [0.15, 0.2) is 35.9 Å². The molecule has 0 spiro atoms. The van der Waals surface area contributed by atoms with Gasteiger partial charge in [-0.15, -0.1) is 0 Å². The predicted octanol–water partition coefficient (Wildman–Crippen LogP) is 0.225. The maximum atomic E-state index is 5.76. The molecule has 2 aliphatic rings. The van der Waals surface area contributed by atoms with E-state index in [2.05, 4.69) is 12.8 Å². The number of hydrogen-bond acceptors (Lipinski definition) is 2. The Morgan fingerprint density at radius 1 is 1.67 bits per heavy atom. The minimum absolute atomic E-state index is 0.222. The van der Waals surface area contributed by atoms with Gasteiger partial charge in [0.25, 0.3) is 0 Å². The highest BCUT2D eigenvalue weighted by Crippen LogP contribution is 2.25. The Morgan fingerprint density at radius 2 is 2.42 bits per heavy atom. The van der Waals surface area contributed by atoms with Gasteiger partial charge in [-0.3, -0.25) is 0 Å². The largest absolute Gasteiger partial charge is 0.385 e. The maximum Gasteiger partial charge on any atom is 0.219 e. The van der Waals surface area contributed by atoms with Gasteiger partial charge in [0.15, 0.2) is 6.20 Å². The summed E-state index contributed by atoms with van der Waals surface area (Å²) in [5, 5.41) is 0. The zero-order valence-corrected chi connectivity index (χ0v) is 7.07. The molecule has 0 saturated carbocycles. The highest BCUT2D eigenvalue weighted by molar-refractivity contribution is 5.34. The van der Waals surface area contributed by atoms with Crippen molar-refractivity contribution in [3.05, 3.63) is 35.9 Å². The average Bonchev–Trinajstić information content (AvgIpc) is 2.32. The summed E-state index contributed by atoms with van der Waals surface area (Å²) in [6, 6.07) is 0.222. The zero-order chi connectivity index (χ0) is 8.72. The lowest BCUT2D eigenvalue weighted by Gasteiger charge is -2.17. The van der Waals surface area contributed by atoms with Crippen LogP contribution in [0.4, 0.5) is 0 Å². The van der Waals surface area contributed by atoms with Crippen molar-refractivity contribution in [1.82, 2.24) is 4.90 Å². The molecule has 0 amide bonds. The molecule has 12 heavy (non-hydrogen) atoms. The highest BCUT2D eigenvalue weighted by Gasteiger charge is 2.32. The number of rotatable bonds is 0. The van der Waals surface area contributed by atoms with Crippen LogP contribution in [0.1, 0.15) is 0 Å².